The summed E-state index contributed by atoms with van der Waals surface area (Å²) in [5, 5.41) is 8.76. The summed E-state index contributed by atoms with van der Waals surface area (Å²) in [7, 11) is -5.85. The van der Waals surface area contributed by atoms with Crippen molar-refractivity contribution >= 4 is 15.1 Å². The zero-order valence-corrected chi connectivity index (χ0v) is 14.8. The van der Waals surface area contributed by atoms with E-state index in [-0.39, 0.29) is 19.0 Å². The van der Waals surface area contributed by atoms with E-state index in [2.05, 4.69) is 0 Å². The van der Waals surface area contributed by atoms with Gasteiger partial charge in [0.05, 0.1) is 26.5 Å². The molecule has 0 bridgehead atoms. The SMILES string of the molecule is CCOP(=O)(OCC)C(Cc1ccc(O)cc1)[P+](C)(C)O. The van der Waals surface area contributed by atoms with Gasteiger partial charge in [-0.05, 0) is 31.5 Å². The van der Waals surface area contributed by atoms with Crippen LogP contribution in [-0.2, 0) is 20.0 Å². The first-order valence-corrected chi connectivity index (χ1v) is 11.3. The van der Waals surface area contributed by atoms with Gasteiger partial charge >= 0.3 is 7.60 Å². The molecule has 21 heavy (non-hydrogen) atoms. The largest absolute Gasteiger partial charge is 0.508 e. The van der Waals surface area contributed by atoms with Gasteiger partial charge in [-0.2, -0.15) is 0 Å². The zero-order valence-electron chi connectivity index (χ0n) is 13.0. The molecule has 1 aromatic rings. The van der Waals surface area contributed by atoms with E-state index in [0.29, 0.717) is 6.42 Å². The van der Waals surface area contributed by atoms with Crippen LogP contribution >= 0.6 is 15.1 Å². The molecule has 0 amide bonds. The Labute approximate surface area is 127 Å². The van der Waals surface area contributed by atoms with E-state index in [1.165, 1.54) is 0 Å². The Morgan fingerprint density at radius 1 is 1.14 bits per heavy atom. The van der Waals surface area contributed by atoms with Gasteiger partial charge in [0.1, 0.15) is 5.75 Å². The van der Waals surface area contributed by atoms with Gasteiger partial charge in [-0.15, -0.1) is 0 Å². The highest BCUT2D eigenvalue weighted by molar-refractivity contribution is 7.81. The van der Waals surface area contributed by atoms with Crippen molar-refractivity contribution in [2.75, 3.05) is 26.5 Å². The van der Waals surface area contributed by atoms with Crippen LogP contribution in [0.5, 0.6) is 5.75 Å². The first kappa shape index (κ1) is 18.6. The van der Waals surface area contributed by atoms with E-state index in [4.69, 9.17) is 9.05 Å². The molecule has 1 atom stereocenters. The molecule has 0 aromatic heterocycles. The predicted octanol–water partition coefficient (Wildman–Crippen LogP) is 3.71. The Hall–Kier alpha value is -0.440. The summed E-state index contributed by atoms with van der Waals surface area (Å²) in [6.45, 7) is 7.47. The average Bonchev–Trinajstić information content (AvgIpc) is 2.37. The lowest BCUT2D eigenvalue weighted by Gasteiger charge is -2.28. The molecule has 0 heterocycles. The fourth-order valence-corrected chi connectivity index (χ4v) is 7.49. The van der Waals surface area contributed by atoms with Crippen molar-refractivity contribution in [3.63, 3.8) is 0 Å². The average molecular weight is 335 g/mol. The number of hydrogen-bond acceptors (Lipinski definition) is 5. The lowest BCUT2D eigenvalue weighted by Crippen LogP contribution is -2.19. The summed E-state index contributed by atoms with van der Waals surface area (Å²) in [6, 6.07) is 6.64. The highest BCUT2D eigenvalue weighted by atomic mass is 31.2. The van der Waals surface area contributed by atoms with E-state index in [1.807, 2.05) is 0 Å². The van der Waals surface area contributed by atoms with Crippen LogP contribution in [0.15, 0.2) is 24.3 Å². The first-order chi connectivity index (χ1) is 9.73. The van der Waals surface area contributed by atoms with Gasteiger partial charge in [0.2, 0.25) is 0 Å². The molecule has 0 saturated carbocycles. The maximum absolute atomic E-state index is 13.0. The Balaban J connectivity index is 3.10. The van der Waals surface area contributed by atoms with Crippen LogP contribution in [0.2, 0.25) is 0 Å². The molecule has 0 radical (unpaired) electrons. The maximum Gasteiger partial charge on any atom is 0.373 e. The monoisotopic (exact) mass is 335 g/mol. The molecule has 1 rings (SSSR count). The lowest BCUT2D eigenvalue weighted by atomic mass is 10.2. The summed E-state index contributed by atoms with van der Waals surface area (Å²) in [5.74, 6) is 0.172. The number of benzene rings is 1. The van der Waals surface area contributed by atoms with Crippen molar-refractivity contribution in [2.24, 2.45) is 0 Å². The van der Waals surface area contributed by atoms with Gasteiger partial charge < -0.3 is 14.2 Å². The minimum Gasteiger partial charge on any atom is -0.508 e. The summed E-state index contributed by atoms with van der Waals surface area (Å²) >= 11 is 0. The molecular formula is C14H25O5P2+. The molecule has 0 aliphatic heterocycles. The van der Waals surface area contributed by atoms with Gasteiger partial charge in [-0.1, -0.05) is 12.1 Å². The summed E-state index contributed by atoms with van der Waals surface area (Å²) in [5.41, 5.74) is 0.875. The third-order valence-electron chi connectivity index (χ3n) is 3.07. The molecule has 1 aromatic carbocycles. The van der Waals surface area contributed by atoms with Gasteiger partial charge in [-0.3, -0.25) is 9.46 Å². The summed E-state index contributed by atoms with van der Waals surface area (Å²) < 4.78 is 23.8. The fraction of sp³-hybridized carbons (Fsp3) is 0.571. The van der Waals surface area contributed by atoms with Crippen LogP contribution < -0.4 is 0 Å². The number of phenolic OH excluding ortho intramolecular Hbond substituents is 1. The molecule has 1 unspecified atom stereocenters. The molecule has 120 valence electrons. The van der Waals surface area contributed by atoms with Crippen LogP contribution in [-0.4, -0.2) is 41.9 Å². The fourth-order valence-electron chi connectivity index (χ4n) is 2.09. The standard InChI is InChI=1S/C14H24O5P2/c1-5-18-21(17,19-6-2)14(20(3,4)16)11-12-7-9-13(15)10-8-12/h7-10,14,16H,5-6,11H2,1-4H3/p+1. The minimum absolute atomic E-state index is 0.172. The Morgan fingerprint density at radius 3 is 2.00 bits per heavy atom. The second-order valence-corrected chi connectivity index (χ2v) is 11.4. The third kappa shape index (κ3) is 5.36. The molecule has 0 fully saturated rings. The highest BCUT2D eigenvalue weighted by Crippen LogP contribution is 2.71. The third-order valence-corrected chi connectivity index (χ3v) is 9.40. The molecule has 5 nitrogen and oxygen atoms in total. The van der Waals surface area contributed by atoms with Crippen molar-refractivity contribution < 1.29 is 23.6 Å². The number of rotatable bonds is 8. The number of aromatic hydroxyl groups is 1. The highest BCUT2D eigenvalue weighted by Gasteiger charge is 2.51. The van der Waals surface area contributed by atoms with Crippen LogP contribution in [0.3, 0.4) is 0 Å². The van der Waals surface area contributed by atoms with E-state index in [1.54, 1.807) is 51.4 Å². The Kier molecular flexibility index (Phi) is 6.83. The Morgan fingerprint density at radius 2 is 1.62 bits per heavy atom. The lowest BCUT2D eigenvalue weighted by molar-refractivity contribution is 0.217. The van der Waals surface area contributed by atoms with Gasteiger partial charge in [0.15, 0.2) is 12.9 Å². The first-order valence-electron chi connectivity index (χ1n) is 6.96. The van der Waals surface area contributed by atoms with Crippen molar-refractivity contribution in [1.29, 1.82) is 0 Å². The van der Waals surface area contributed by atoms with E-state index in [0.717, 1.165) is 5.56 Å². The van der Waals surface area contributed by atoms with Crippen molar-refractivity contribution in [3.8, 4) is 5.75 Å². The minimum atomic E-state index is -3.39. The second kappa shape index (κ2) is 7.71. The summed E-state index contributed by atoms with van der Waals surface area (Å²) in [4.78, 5) is 10.5. The Bertz CT molecular complexity index is 471. The molecule has 0 spiro atoms. The van der Waals surface area contributed by atoms with E-state index < -0.39 is 20.5 Å². The van der Waals surface area contributed by atoms with Gasteiger partial charge in [0.25, 0.3) is 0 Å². The molecule has 0 saturated heterocycles. The molecule has 7 heteroatoms. The number of hydrogen-bond donors (Lipinski definition) is 2. The van der Waals surface area contributed by atoms with Crippen LogP contribution in [0, 0.1) is 0 Å². The maximum atomic E-state index is 13.0. The van der Waals surface area contributed by atoms with Crippen LogP contribution in [0.1, 0.15) is 19.4 Å². The molecule has 0 aliphatic rings. The van der Waals surface area contributed by atoms with Crippen molar-refractivity contribution in [2.45, 2.75) is 25.7 Å². The normalized spacial score (nSPS) is 14.1. The molecule has 0 aliphatic carbocycles. The van der Waals surface area contributed by atoms with E-state index >= 15 is 0 Å². The van der Waals surface area contributed by atoms with Gasteiger partial charge in [-0.25, -0.2) is 0 Å². The smallest absolute Gasteiger partial charge is 0.373 e. The molecule has 2 N–H and O–H groups in total. The second-order valence-electron chi connectivity index (χ2n) is 5.21. The van der Waals surface area contributed by atoms with Crippen molar-refractivity contribution in [3.05, 3.63) is 29.8 Å². The molecular weight excluding hydrogens is 310 g/mol. The number of phenols is 1. The van der Waals surface area contributed by atoms with E-state index in [9.17, 15) is 14.6 Å². The quantitative estimate of drug-likeness (QED) is 0.708. The van der Waals surface area contributed by atoms with Crippen molar-refractivity contribution in [1.82, 2.24) is 0 Å². The summed E-state index contributed by atoms with van der Waals surface area (Å²) in [6.07, 6.45) is 0.384. The zero-order chi connectivity index (χ0) is 16.1. The van der Waals surface area contributed by atoms with Gasteiger partial charge in [0, 0.05) is 6.42 Å². The predicted molar refractivity (Wildman–Crippen MR) is 87.4 cm³/mol. The topological polar surface area (TPSA) is 76.0 Å². The van der Waals surface area contributed by atoms with Crippen LogP contribution in [0.25, 0.3) is 0 Å². The van der Waals surface area contributed by atoms with Crippen LogP contribution in [0.4, 0.5) is 0 Å².